The summed E-state index contributed by atoms with van der Waals surface area (Å²) in [5.41, 5.74) is 8.73. The molecule has 1 saturated heterocycles. The van der Waals surface area contributed by atoms with E-state index in [0.717, 1.165) is 37.5 Å². The maximum absolute atomic E-state index is 4.38. The number of aryl methyl sites for hydroxylation is 2. The number of nitrogens with zero attached hydrogens (tertiary/aromatic N) is 4. The largest absolute Gasteiger partial charge is 0.354 e. The molecule has 0 spiro atoms. The van der Waals surface area contributed by atoms with Crippen molar-refractivity contribution in [1.29, 1.82) is 0 Å². The lowest BCUT2D eigenvalue weighted by atomic mass is 9.88. The zero-order valence-corrected chi connectivity index (χ0v) is 19.3. The Bertz CT molecular complexity index is 1410. The van der Waals surface area contributed by atoms with Crippen LogP contribution in [0.1, 0.15) is 48.3 Å². The van der Waals surface area contributed by atoms with Crippen LogP contribution in [0.25, 0.3) is 27.8 Å². The maximum Gasteiger partial charge on any atom is 0.136 e. The molecule has 0 radical (unpaired) electrons. The van der Waals surface area contributed by atoms with Crippen molar-refractivity contribution < 1.29 is 0 Å². The predicted octanol–water partition coefficient (Wildman–Crippen LogP) is 5.46. The molecule has 0 saturated carbocycles. The highest BCUT2D eigenvalue weighted by Crippen LogP contribution is 2.35. The van der Waals surface area contributed by atoms with Crippen molar-refractivity contribution >= 4 is 16.6 Å². The molecule has 5 aromatic rings. The third-order valence-electron chi connectivity index (χ3n) is 7.17. The molecule has 0 amide bonds. The summed E-state index contributed by atoms with van der Waals surface area (Å²) in [6, 6.07) is 11.3. The maximum atomic E-state index is 4.38. The van der Waals surface area contributed by atoms with Gasteiger partial charge in [-0.15, -0.1) is 0 Å². The van der Waals surface area contributed by atoms with Crippen LogP contribution in [0, 0.1) is 6.92 Å². The Hall–Kier alpha value is -3.38. The van der Waals surface area contributed by atoms with Crippen LogP contribution in [0.15, 0.2) is 55.1 Å². The van der Waals surface area contributed by atoms with E-state index in [4.69, 9.17) is 0 Å². The number of imidazole rings is 2. The van der Waals surface area contributed by atoms with Crippen LogP contribution >= 0.6 is 0 Å². The lowest BCUT2D eigenvalue weighted by Gasteiger charge is -2.31. The average Bonchev–Trinajstić information content (AvgIpc) is 3.56. The molecule has 5 heterocycles. The summed E-state index contributed by atoms with van der Waals surface area (Å²) < 4.78 is 2.09. The molecular weight excluding hydrogens is 408 g/mol. The van der Waals surface area contributed by atoms with E-state index in [-0.39, 0.29) is 0 Å². The Kier molecular flexibility index (Phi) is 5.03. The fourth-order valence-electron chi connectivity index (χ4n) is 5.42. The summed E-state index contributed by atoms with van der Waals surface area (Å²) in [7, 11) is 0. The Morgan fingerprint density at radius 3 is 2.73 bits per heavy atom. The van der Waals surface area contributed by atoms with E-state index in [1.54, 1.807) is 0 Å². The number of pyridine rings is 1. The summed E-state index contributed by atoms with van der Waals surface area (Å²) in [6.45, 7) is 7.49. The van der Waals surface area contributed by atoms with Crippen molar-refractivity contribution in [3.63, 3.8) is 0 Å². The van der Waals surface area contributed by atoms with Crippen molar-refractivity contribution in [3.8, 4) is 11.3 Å². The Balaban J connectivity index is 1.25. The number of aromatic amines is 2. The number of hydrogen-bond acceptors (Lipinski definition) is 3. The van der Waals surface area contributed by atoms with Gasteiger partial charge in [-0.25, -0.2) is 9.97 Å². The number of likely N-dealkylation sites (tertiary alicyclic amines) is 1. The molecule has 0 bridgehead atoms. The number of hydrogen-bond donors (Lipinski definition) is 2. The molecule has 0 unspecified atom stereocenters. The molecule has 1 aliphatic heterocycles. The first-order chi connectivity index (χ1) is 16.2. The standard InChI is InChI=1S/C27H30N6/c1-3-23-24-14-20(19-8-11-32(12-9-19)17-22-15-29-18(2)30-22)4-6-25(24)31-27(23)21-5-7-26-28-10-13-33(26)16-21/h4-7,10,13-16,19,31H,3,8-9,11-12,17H2,1-2H3,(H,29,30). The van der Waals surface area contributed by atoms with E-state index >= 15 is 0 Å². The van der Waals surface area contributed by atoms with E-state index in [1.807, 2.05) is 25.5 Å². The second-order valence-electron chi connectivity index (χ2n) is 9.29. The second kappa shape index (κ2) is 8.19. The normalized spacial score (nSPS) is 15.7. The molecule has 1 aliphatic rings. The van der Waals surface area contributed by atoms with E-state index in [1.165, 1.54) is 51.8 Å². The van der Waals surface area contributed by atoms with Gasteiger partial charge < -0.3 is 14.4 Å². The SMILES string of the molecule is CCc1c(-c2ccc3nccn3c2)[nH]c2ccc(C3CCN(Cc4cnc(C)[nH]4)CC3)cc12. The quantitative estimate of drug-likeness (QED) is 0.383. The molecule has 6 rings (SSSR count). The number of piperidine rings is 1. The van der Waals surface area contributed by atoms with Gasteiger partial charge in [0, 0.05) is 53.5 Å². The average molecular weight is 439 g/mol. The minimum Gasteiger partial charge on any atom is -0.354 e. The molecule has 0 aliphatic carbocycles. The number of H-pyrrole nitrogens is 2. The van der Waals surface area contributed by atoms with Gasteiger partial charge in [0.25, 0.3) is 0 Å². The molecule has 2 N–H and O–H groups in total. The summed E-state index contributed by atoms with van der Waals surface area (Å²) in [6.07, 6.45) is 11.4. The molecule has 168 valence electrons. The molecular formula is C27H30N6. The van der Waals surface area contributed by atoms with Gasteiger partial charge >= 0.3 is 0 Å². The molecule has 6 nitrogen and oxygen atoms in total. The van der Waals surface area contributed by atoms with Crippen LogP contribution in [-0.4, -0.2) is 42.3 Å². The Morgan fingerprint density at radius 2 is 1.94 bits per heavy atom. The van der Waals surface area contributed by atoms with Crippen LogP contribution in [-0.2, 0) is 13.0 Å². The monoisotopic (exact) mass is 438 g/mol. The highest BCUT2D eigenvalue weighted by Gasteiger charge is 2.22. The van der Waals surface area contributed by atoms with Crippen LogP contribution in [0.3, 0.4) is 0 Å². The first-order valence-electron chi connectivity index (χ1n) is 12.0. The molecule has 33 heavy (non-hydrogen) atoms. The minimum atomic E-state index is 0.625. The zero-order valence-electron chi connectivity index (χ0n) is 19.3. The van der Waals surface area contributed by atoms with Crippen molar-refractivity contribution in [1.82, 2.24) is 29.2 Å². The summed E-state index contributed by atoms with van der Waals surface area (Å²) in [5, 5.41) is 1.37. The van der Waals surface area contributed by atoms with Gasteiger partial charge in [-0.05, 0) is 80.6 Å². The van der Waals surface area contributed by atoms with E-state index in [2.05, 4.69) is 72.7 Å². The fraction of sp³-hybridized carbons (Fsp3) is 0.333. The highest BCUT2D eigenvalue weighted by atomic mass is 15.1. The number of rotatable bonds is 5. The van der Waals surface area contributed by atoms with Gasteiger partial charge in [-0.3, -0.25) is 4.90 Å². The van der Waals surface area contributed by atoms with Crippen LogP contribution in [0.5, 0.6) is 0 Å². The number of benzene rings is 1. The molecule has 6 heteroatoms. The fourth-order valence-corrected chi connectivity index (χ4v) is 5.42. The number of fused-ring (bicyclic) bond motifs is 2. The second-order valence-corrected chi connectivity index (χ2v) is 9.29. The lowest BCUT2D eigenvalue weighted by Crippen LogP contribution is -2.32. The van der Waals surface area contributed by atoms with Gasteiger partial charge in [0.2, 0.25) is 0 Å². The summed E-state index contributed by atoms with van der Waals surface area (Å²) >= 11 is 0. The number of nitrogens with one attached hydrogen (secondary N) is 2. The van der Waals surface area contributed by atoms with Gasteiger partial charge in [0.15, 0.2) is 0 Å². The molecule has 4 aromatic heterocycles. The molecule has 1 aromatic carbocycles. The Morgan fingerprint density at radius 1 is 1.06 bits per heavy atom. The topological polar surface area (TPSA) is 65.0 Å². The van der Waals surface area contributed by atoms with Crippen LogP contribution in [0.2, 0.25) is 0 Å². The lowest BCUT2D eigenvalue weighted by molar-refractivity contribution is 0.203. The van der Waals surface area contributed by atoms with Crippen LogP contribution < -0.4 is 0 Å². The van der Waals surface area contributed by atoms with Gasteiger partial charge in [-0.1, -0.05) is 13.0 Å². The van der Waals surface area contributed by atoms with Crippen molar-refractivity contribution in [3.05, 3.63) is 77.8 Å². The van der Waals surface area contributed by atoms with Crippen LogP contribution in [0.4, 0.5) is 0 Å². The first-order valence-corrected chi connectivity index (χ1v) is 12.0. The Labute approximate surface area is 193 Å². The van der Waals surface area contributed by atoms with Gasteiger partial charge in [0.05, 0.1) is 5.69 Å². The smallest absolute Gasteiger partial charge is 0.136 e. The molecule has 0 atom stereocenters. The van der Waals surface area contributed by atoms with Gasteiger partial charge in [0.1, 0.15) is 11.5 Å². The minimum absolute atomic E-state index is 0.625. The van der Waals surface area contributed by atoms with Crippen molar-refractivity contribution in [2.45, 2.75) is 45.6 Å². The third kappa shape index (κ3) is 3.74. The summed E-state index contributed by atoms with van der Waals surface area (Å²) in [5.74, 6) is 1.62. The summed E-state index contributed by atoms with van der Waals surface area (Å²) in [4.78, 5) is 18.3. The first kappa shape index (κ1) is 20.2. The van der Waals surface area contributed by atoms with E-state index in [0.29, 0.717) is 5.92 Å². The zero-order chi connectivity index (χ0) is 22.4. The number of aromatic nitrogens is 5. The van der Waals surface area contributed by atoms with Crippen molar-refractivity contribution in [2.75, 3.05) is 13.1 Å². The highest BCUT2D eigenvalue weighted by molar-refractivity contribution is 5.91. The third-order valence-corrected chi connectivity index (χ3v) is 7.17. The van der Waals surface area contributed by atoms with Crippen molar-refractivity contribution in [2.24, 2.45) is 0 Å². The van der Waals surface area contributed by atoms with E-state index in [9.17, 15) is 0 Å². The van der Waals surface area contributed by atoms with Gasteiger partial charge in [-0.2, -0.15) is 0 Å². The molecule has 1 fully saturated rings. The predicted molar refractivity (Wildman–Crippen MR) is 132 cm³/mol. The van der Waals surface area contributed by atoms with E-state index < -0.39 is 0 Å².